The zero-order valence-corrected chi connectivity index (χ0v) is 12.6. The smallest absolute Gasteiger partial charge is 0.311 e. The first-order valence-electron chi connectivity index (χ1n) is 7.01. The van der Waals surface area contributed by atoms with E-state index < -0.39 is 17.9 Å². The Labute approximate surface area is 124 Å². The van der Waals surface area contributed by atoms with Gasteiger partial charge in [0.25, 0.3) is 5.91 Å². The van der Waals surface area contributed by atoms with E-state index in [2.05, 4.69) is 26.1 Å². The van der Waals surface area contributed by atoms with Gasteiger partial charge in [-0.15, -0.1) is 0 Å². The molecule has 2 N–H and O–H groups in total. The Balaban J connectivity index is 2.05. The van der Waals surface area contributed by atoms with Gasteiger partial charge < -0.3 is 15.2 Å². The summed E-state index contributed by atoms with van der Waals surface area (Å²) in [6.45, 7) is 6.70. The molecule has 0 aromatic heterocycles. The first-order valence-corrected chi connectivity index (χ1v) is 7.01. The number of carboxylic acid groups (broad SMARTS) is 1. The third-order valence-corrected chi connectivity index (χ3v) is 3.73. The third kappa shape index (κ3) is 3.61. The van der Waals surface area contributed by atoms with Gasteiger partial charge in [-0.3, -0.25) is 9.59 Å². The van der Waals surface area contributed by atoms with Crippen molar-refractivity contribution in [3.05, 3.63) is 35.4 Å². The highest BCUT2D eigenvalue weighted by molar-refractivity contribution is 5.94. The molecule has 2 atom stereocenters. The van der Waals surface area contributed by atoms with E-state index in [4.69, 9.17) is 9.84 Å². The molecule has 1 amide bonds. The molecule has 1 aromatic rings. The van der Waals surface area contributed by atoms with Crippen LogP contribution in [0, 0.1) is 5.92 Å². The summed E-state index contributed by atoms with van der Waals surface area (Å²) in [5, 5.41) is 11.8. The van der Waals surface area contributed by atoms with Crippen molar-refractivity contribution in [2.45, 2.75) is 32.2 Å². The largest absolute Gasteiger partial charge is 0.481 e. The average Bonchev–Trinajstić information content (AvgIpc) is 2.86. The van der Waals surface area contributed by atoms with Crippen LogP contribution in [0.5, 0.6) is 0 Å². The van der Waals surface area contributed by atoms with Crippen LogP contribution in [0.1, 0.15) is 36.7 Å². The maximum absolute atomic E-state index is 12.2. The standard InChI is InChI=1S/C16H21NO4/c1-16(2,3)11-6-4-10(5-7-11)14(18)17-13-9-21-8-12(13)15(19)20/h4-7,12-13H,8-9H2,1-3H3,(H,17,18)(H,19,20). The van der Waals surface area contributed by atoms with Crippen molar-refractivity contribution < 1.29 is 19.4 Å². The predicted molar refractivity (Wildman–Crippen MR) is 78.3 cm³/mol. The molecule has 0 radical (unpaired) electrons. The van der Waals surface area contributed by atoms with E-state index in [0.29, 0.717) is 5.56 Å². The zero-order valence-electron chi connectivity index (χ0n) is 12.6. The molecule has 0 saturated carbocycles. The lowest BCUT2D eigenvalue weighted by Gasteiger charge is -2.19. The summed E-state index contributed by atoms with van der Waals surface area (Å²) in [5.74, 6) is -1.89. The van der Waals surface area contributed by atoms with Crippen molar-refractivity contribution in [3.63, 3.8) is 0 Å². The summed E-state index contributed by atoms with van der Waals surface area (Å²) in [6.07, 6.45) is 0. The van der Waals surface area contributed by atoms with Crippen molar-refractivity contribution in [1.29, 1.82) is 0 Å². The fourth-order valence-corrected chi connectivity index (χ4v) is 2.31. The number of benzene rings is 1. The van der Waals surface area contributed by atoms with E-state index in [9.17, 15) is 9.59 Å². The second-order valence-electron chi connectivity index (χ2n) is 6.39. The molecule has 1 aliphatic heterocycles. The zero-order chi connectivity index (χ0) is 15.6. The van der Waals surface area contributed by atoms with Gasteiger partial charge in [0.05, 0.1) is 19.3 Å². The third-order valence-electron chi connectivity index (χ3n) is 3.73. The molecule has 0 aliphatic carbocycles. The fourth-order valence-electron chi connectivity index (χ4n) is 2.31. The van der Waals surface area contributed by atoms with Crippen LogP contribution in [0.4, 0.5) is 0 Å². The van der Waals surface area contributed by atoms with Gasteiger partial charge in [-0.05, 0) is 23.1 Å². The van der Waals surface area contributed by atoms with E-state index in [-0.39, 0.29) is 24.5 Å². The first kappa shape index (κ1) is 15.5. The molecule has 5 nitrogen and oxygen atoms in total. The summed E-state index contributed by atoms with van der Waals surface area (Å²) in [4.78, 5) is 23.2. The minimum absolute atomic E-state index is 0.0305. The van der Waals surface area contributed by atoms with Gasteiger partial charge in [-0.25, -0.2) is 0 Å². The van der Waals surface area contributed by atoms with Gasteiger partial charge in [0.1, 0.15) is 5.92 Å². The van der Waals surface area contributed by atoms with Gasteiger partial charge in [0, 0.05) is 5.56 Å². The van der Waals surface area contributed by atoms with Crippen LogP contribution >= 0.6 is 0 Å². The monoisotopic (exact) mass is 291 g/mol. The van der Waals surface area contributed by atoms with Crippen molar-refractivity contribution in [3.8, 4) is 0 Å². The molecule has 5 heteroatoms. The van der Waals surface area contributed by atoms with Crippen LogP contribution in [-0.2, 0) is 14.9 Å². The summed E-state index contributed by atoms with van der Waals surface area (Å²) in [7, 11) is 0. The summed E-state index contributed by atoms with van der Waals surface area (Å²) in [5.41, 5.74) is 1.70. The van der Waals surface area contributed by atoms with Gasteiger partial charge >= 0.3 is 5.97 Å². The number of carboxylic acids is 1. The highest BCUT2D eigenvalue weighted by Crippen LogP contribution is 2.22. The van der Waals surface area contributed by atoms with E-state index >= 15 is 0 Å². The molecule has 1 aliphatic rings. The van der Waals surface area contributed by atoms with E-state index in [1.54, 1.807) is 12.1 Å². The van der Waals surface area contributed by atoms with E-state index in [1.807, 2.05) is 12.1 Å². The number of amides is 1. The van der Waals surface area contributed by atoms with Crippen molar-refractivity contribution in [1.82, 2.24) is 5.32 Å². The molecule has 21 heavy (non-hydrogen) atoms. The fraction of sp³-hybridized carbons (Fsp3) is 0.500. The normalized spacial score (nSPS) is 22.0. The molecule has 0 spiro atoms. The summed E-state index contributed by atoms with van der Waals surface area (Å²) < 4.78 is 5.14. The number of nitrogens with one attached hydrogen (secondary N) is 1. The van der Waals surface area contributed by atoms with Crippen LogP contribution in [-0.4, -0.2) is 36.2 Å². The molecule has 2 unspecified atom stereocenters. The van der Waals surface area contributed by atoms with Crippen LogP contribution in [0.2, 0.25) is 0 Å². The minimum atomic E-state index is -0.944. The SMILES string of the molecule is CC(C)(C)c1ccc(C(=O)NC2COCC2C(=O)O)cc1. The highest BCUT2D eigenvalue weighted by Gasteiger charge is 2.35. The van der Waals surface area contributed by atoms with Crippen molar-refractivity contribution in [2.75, 3.05) is 13.2 Å². The van der Waals surface area contributed by atoms with Crippen molar-refractivity contribution >= 4 is 11.9 Å². The number of rotatable bonds is 3. The predicted octanol–water partition coefficient (Wildman–Crippen LogP) is 1.81. The van der Waals surface area contributed by atoms with Crippen LogP contribution in [0.25, 0.3) is 0 Å². The second-order valence-corrected chi connectivity index (χ2v) is 6.39. The molecule has 1 aromatic carbocycles. The van der Waals surface area contributed by atoms with Gasteiger partial charge in [0.15, 0.2) is 0 Å². The molecule has 1 saturated heterocycles. The second kappa shape index (κ2) is 5.85. The molecular formula is C16H21NO4. The van der Waals surface area contributed by atoms with E-state index in [0.717, 1.165) is 5.56 Å². The number of hydrogen-bond donors (Lipinski definition) is 2. The molecular weight excluding hydrogens is 270 g/mol. The maximum atomic E-state index is 12.2. The van der Waals surface area contributed by atoms with Crippen LogP contribution in [0.3, 0.4) is 0 Å². The number of carbonyl (C=O) groups is 2. The lowest BCUT2D eigenvalue weighted by Crippen LogP contribution is -2.42. The Kier molecular flexibility index (Phi) is 4.32. The van der Waals surface area contributed by atoms with Gasteiger partial charge in [-0.2, -0.15) is 0 Å². The summed E-state index contributed by atoms with van der Waals surface area (Å²) >= 11 is 0. The Morgan fingerprint density at radius 3 is 2.33 bits per heavy atom. The average molecular weight is 291 g/mol. The van der Waals surface area contributed by atoms with Crippen LogP contribution < -0.4 is 5.32 Å². The van der Waals surface area contributed by atoms with Crippen LogP contribution in [0.15, 0.2) is 24.3 Å². The first-order chi connectivity index (χ1) is 9.79. The van der Waals surface area contributed by atoms with Gasteiger partial charge in [-0.1, -0.05) is 32.9 Å². The quantitative estimate of drug-likeness (QED) is 0.890. The topological polar surface area (TPSA) is 75.6 Å². The minimum Gasteiger partial charge on any atom is -0.481 e. The van der Waals surface area contributed by atoms with E-state index in [1.165, 1.54) is 0 Å². The number of aliphatic carboxylic acids is 1. The number of hydrogen-bond acceptors (Lipinski definition) is 3. The maximum Gasteiger partial charge on any atom is 0.311 e. The molecule has 114 valence electrons. The molecule has 1 heterocycles. The Morgan fingerprint density at radius 2 is 1.81 bits per heavy atom. The lowest BCUT2D eigenvalue weighted by molar-refractivity contribution is -0.142. The number of ether oxygens (including phenoxy) is 1. The lowest BCUT2D eigenvalue weighted by atomic mass is 9.86. The highest BCUT2D eigenvalue weighted by atomic mass is 16.5. The molecule has 1 fully saturated rings. The summed E-state index contributed by atoms with van der Waals surface area (Å²) in [6, 6.07) is 6.91. The van der Waals surface area contributed by atoms with Crippen molar-refractivity contribution in [2.24, 2.45) is 5.92 Å². The Hall–Kier alpha value is -1.88. The van der Waals surface area contributed by atoms with Gasteiger partial charge in [0.2, 0.25) is 0 Å². The Bertz CT molecular complexity index is 530. The molecule has 2 rings (SSSR count). The molecule has 0 bridgehead atoms. The number of carbonyl (C=O) groups excluding carboxylic acids is 1. The Morgan fingerprint density at radius 1 is 1.19 bits per heavy atom.